The van der Waals surface area contributed by atoms with Crippen LogP contribution in [0.25, 0.3) is 0 Å². The zero-order chi connectivity index (χ0) is 11.6. The van der Waals surface area contributed by atoms with Gasteiger partial charge in [0.1, 0.15) is 5.78 Å². The van der Waals surface area contributed by atoms with Crippen LogP contribution in [-0.4, -0.2) is 26.3 Å². The van der Waals surface area contributed by atoms with Crippen molar-refractivity contribution in [2.24, 2.45) is 17.3 Å². The van der Waals surface area contributed by atoms with Crippen molar-refractivity contribution >= 4 is 5.78 Å². The Morgan fingerprint density at radius 1 is 1.40 bits per heavy atom. The van der Waals surface area contributed by atoms with E-state index in [-0.39, 0.29) is 23.5 Å². The van der Waals surface area contributed by atoms with Crippen molar-refractivity contribution in [3.63, 3.8) is 0 Å². The highest BCUT2D eigenvalue weighted by Crippen LogP contribution is 2.53. The van der Waals surface area contributed by atoms with E-state index in [1.807, 2.05) is 6.92 Å². The van der Waals surface area contributed by atoms with E-state index in [4.69, 9.17) is 9.47 Å². The van der Waals surface area contributed by atoms with Gasteiger partial charge in [-0.1, -0.05) is 20.8 Å². The minimum Gasteiger partial charge on any atom is -0.355 e. The molecule has 0 radical (unpaired) electrons. The molecule has 0 spiro atoms. The summed E-state index contributed by atoms with van der Waals surface area (Å²) in [4.78, 5) is 12.2. The molecular formula is C12H22O3. The lowest BCUT2D eigenvalue weighted by Crippen LogP contribution is -2.32. The second-order valence-electron chi connectivity index (χ2n) is 5.00. The van der Waals surface area contributed by atoms with Crippen LogP contribution in [0.5, 0.6) is 0 Å². The van der Waals surface area contributed by atoms with Crippen LogP contribution in [0.4, 0.5) is 0 Å². The molecule has 2 atom stereocenters. The van der Waals surface area contributed by atoms with E-state index in [0.29, 0.717) is 5.78 Å². The van der Waals surface area contributed by atoms with Crippen LogP contribution >= 0.6 is 0 Å². The predicted molar refractivity (Wildman–Crippen MR) is 58.5 cm³/mol. The van der Waals surface area contributed by atoms with Crippen LogP contribution in [0, 0.1) is 17.3 Å². The Hall–Kier alpha value is -0.410. The normalized spacial score (nSPS) is 25.3. The molecule has 2 unspecified atom stereocenters. The number of carbonyl (C=O) groups excluding carboxylic acids is 1. The van der Waals surface area contributed by atoms with Gasteiger partial charge in [-0.05, 0) is 18.3 Å². The summed E-state index contributed by atoms with van der Waals surface area (Å²) < 4.78 is 10.4. The fraction of sp³-hybridized carbons (Fsp3) is 0.917. The van der Waals surface area contributed by atoms with Crippen molar-refractivity contribution in [1.82, 2.24) is 0 Å². The molecule has 0 aliphatic heterocycles. The standard InChI is InChI=1S/C12H22O3/c1-6-8(11(14-4)15-5)10(13)9-7-12(9,2)3/h8-9,11H,6-7H2,1-5H3. The molecule has 0 heterocycles. The summed E-state index contributed by atoms with van der Waals surface area (Å²) >= 11 is 0. The summed E-state index contributed by atoms with van der Waals surface area (Å²) in [6.45, 7) is 6.27. The van der Waals surface area contributed by atoms with Crippen molar-refractivity contribution < 1.29 is 14.3 Å². The first-order valence-corrected chi connectivity index (χ1v) is 5.57. The van der Waals surface area contributed by atoms with Crippen LogP contribution in [0.15, 0.2) is 0 Å². The highest BCUT2D eigenvalue weighted by atomic mass is 16.7. The molecule has 0 N–H and O–H groups in total. The lowest BCUT2D eigenvalue weighted by Gasteiger charge is -2.22. The fourth-order valence-electron chi connectivity index (χ4n) is 2.16. The Balaban J connectivity index is 2.63. The highest BCUT2D eigenvalue weighted by molar-refractivity contribution is 5.87. The van der Waals surface area contributed by atoms with Gasteiger partial charge in [0.05, 0.1) is 5.92 Å². The molecule has 1 fully saturated rings. The Kier molecular flexibility index (Phi) is 3.90. The van der Waals surface area contributed by atoms with Crippen LogP contribution in [0.2, 0.25) is 0 Å². The molecule has 1 saturated carbocycles. The first-order chi connectivity index (χ1) is 6.97. The van der Waals surface area contributed by atoms with Crippen molar-refractivity contribution in [3.8, 4) is 0 Å². The van der Waals surface area contributed by atoms with E-state index in [1.54, 1.807) is 14.2 Å². The Morgan fingerprint density at radius 2 is 1.87 bits per heavy atom. The molecule has 1 rings (SSSR count). The maximum absolute atomic E-state index is 12.2. The van der Waals surface area contributed by atoms with Gasteiger partial charge in [0.25, 0.3) is 0 Å². The summed E-state index contributed by atoms with van der Waals surface area (Å²) in [6.07, 6.45) is 1.39. The number of Topliss-reactive ketones (excluding diaryl/α,β-unsaturated/α-hetero) is 1. The zero-order valence-electron chi connectivity index (χ0n) is 10.4. The molecule has 1 aliphatic carbocycles. The molecule has 0 aromatic heterocycles. The monoisotopic (exact) mass is 214 g/mol. The number of rotatable bonds is 6. The molecule has 15 heavy (non-hydrogen) atoms. The van der Waals surface area contributed by atoms with Crippen LogP contribution in [0.1, 0.15) is 33.6 Å². The van der Waals surface area contributed by atoms with Crippen LogP contribution in [-0.2, 0) is 14.3 Å². The fourth-order valence-corrected chi connectivity index (χ4v) is 2.16. The largest absolute Gasteiger partial charge is 0.355 e. The Bertz CT molecular complexity index is 231. The third-order valence-corrected chi connectivity index (χ3v) is 3.46. The van der Waals surface area contributed by atoms with Gasteiger partial charge in [-0.15, -0.1) is 0 Å². The smallest absolute Gasteiger partial charge is 0.166 e. The molecule has 0 aromatic carbocycles. The molecule has 0 amide bonds. The van der Waals surface area contributed by atoms with Gasteiger partial charge in [-0.25, -0.2) is 0 Å². The average molecular weight is 214 g/mol. The lowest BCUT2D eigenvalue weighted by molar-refractivity contribution is -0.158. The van der Waals surface area contributed by atoms with Gasteiger partial charge >= 0.3 is 0 Å². The van der Waals surface area contributed by atoms with Crippen molar-refractivity contribution in [2.45, 2.75) is 39.9 Å². The van der Waals surface area contributed by atoms with Gasteiger partial charge in [0.2, 0.25) is 0 Å². The molecule has 3 nitrogen and oxygen atoms in total. The molecule has 3 heteroatoms. The molecule has 0 saturated heterocycles. The van der Waals surface area contributed by atoms with Crippen molar-refractivity contribution in [2.75, 3.05) is 14.2 Å². The second kappa shape index (κ2) is 4.62. The predicted octanol–water partition coefficient (Wildman–Crippen LogP) is 2.25. The average Bonchev–Trinajstić information content (AvgIpc) is 2.83. The number of ketones is 1. The third-order valence-electron chi connectivity index (χ3n) is 3.46. The quantitative estimate of drug-likeness (QED) is 0.636. The Labute approximate surface area is 92.1 Å². The number of hydrogen-bond acceptors (Lipinski definition) is 3. The third kappa shape index (κ3) is 2.58. The van der Waals surface area contributed by atoms with Gasteiger partial charge in [0, 0.05) is 20.1 Å². The lowest BCUT2D eigenvalue weighted by atomic mass is 9.93. The van der Waals surface area contributed by atoms with Crippen LogP contribution in [0.3, 0.4) is 0 Å². The molecule has 1 aliphatic rings. The SMILES string of the molecule is CCC(C(=O)C1CC1(C)C)C(OC)OC. The topological polar surface area (TPSA) is 35.5 Å². The molecular weight excluding hydrogens is 192 g/mol. The minimum absolute atomic E-state index is 0.119. The first-order valence-electron chi connectivity index (χ1n) is 5.57. The van der Waals surface area contributed by atoms with Gasteiger partial charge in [-0.3, -0.25) is 4.79 Å². The Morgan fingerprint density at radius 3 is 2.13 bits per heavy atom. The van der Waals surface area contributed by atoms with Gasteiger partial charge in [-0.2, -0.15) is 0 Å². The number of hydrogen-bond donors (Lipinski definition) is 0. The summed E-state index contributed by atoms with van der Waals surface area (Å²) in [5.74, 6) is 0.387. The minimum atomic E-state index is -0.390. The number of methoxy groups -OCH3 is 2. The number of carbonyl (C=O) groups is 1. The van der Waals surface area contributed by atoms with Gasteiger partial charge in [0.15, 0.2) is 6.29 Å². The summed E-state index contributed by atoms with van der Waals surface area (Å²) in [7, 11) is 3.17. The van der Waals surface area contributed by atoms with Crippen molar-refractivity contribution in [3.05, 3.63) is 0 Å². The first kappa shape index (κ1) is 12.7. The van der Waals surface area contributed by atoms with E-state index in [2.05, 4.69) is 13.8 Å². The second-order valence-corrected chi connectivity index (χ2v) is 5.00. The summed E-state index contributed by atoms with van der Waals surface area (Å²) in [5, 5.41) is 0. The maximum atomic E-state index is 12.2. The van der Waals surface area contributed by atoms with Crippen LogP contribution < -0.4 is 0 Å². The molecule has 88 valence electrons. The van der Waals surface area contributed by atoms with Gasteiger partial charge < -0.3 is 9.47 Å². The summed E-state index contributed by atoms with van der Waals surface area (Å²) in [6, 6.07) is 0. The zero-order valence-corrected chi connectivity index (χ0v) is 10.4. The van der Waals surface area contributed by atoms with E-state index in [9.17, 15) is 4.79 Å². The highest BCUT2D eigenvalue weighted by Gasteiger charge is 2.52. The summed E-state index contributed by atoms with van der Waals surface area (Å²) in [5.41, 5.74) is 0.191. The number of ether oxygens (including phenoxy) is 2. The van der Waals surface area contributed by atoms with E-state index < -0.39 is 0 Å². The van der Waals surface area contributed by atoms with Crippen molar-refractivity contribution in [1.29, 1.82) is 0 Å². The maximum Gasteiger partial charge on any atom is 0.166 e. The van der Waals surface area contributed by atoms with E-state index in [1.165, 1.54) is 0 Å². The molecule has 0 bridgehead atoms. The molecule has 0 aromatic rings. The van der Waals surface area contributed by atoms with E-state index >= 15 is 0 Å². The van der Waals surface area contributed by atoms with E-state index in [0.717, 1.165) is 12.8 Å².